The molecule has 1 saturated carbocycles. The second-order valence-electron chi connectivity index (χ2n) is 3.24. The van der Waals surface area contributed by atoms with Crippen molar-refractivity contribution in [1.29, 1.82) is 0 Å². The number of nitrogens with one attached hydrogen (secondary N) is 2. The molecule has 2 heteroatoms. The number of hydrogen-bond donors (Lipinski definition) is 2. The average molecular weight is 156 g/mol. The van der Waals surface area contributed by atoms with Crippen LogP contribution in [0.5, 0.6) is 0 Å². The van der Waals surface area contributed by atoms with Crippen molar-refractivity contribution in [3.63, 3.8) is 0 Å². The first-order chi connectivity index (χ1) is 5.41. The molecule has 0 aromatic heterocycles. The van der Waals surface area contributed by atoms with Crippen molar-refractivity contribution in [3.8, 4) is 0 Å². The van der Waals surface area contributed by atoms with E-state index in [9.17, 15) is 0 Å². The highest BCUT2D eigenvalue weighted by molar-refractivity contribution is 4.99. The molecule has 2 N–H and O–H groups in total. The molecule has 11 heavy (non-hydrogen) atoms. The van der Waals surface area contributed by atoms with Crippen LogP contribution >= 0.6 is 0 Å². The zero-order chi connectivity index (χ0) is 8.16. The summed E-state index contributed by atoms with van der Waals surface area (Å²) in [6, 6.07) is 0. The SMILES string of the molecule is C1CC2(C1)CNCCN2.CC. The largest absolute Gasteiger partial charge is 0.314 e. The van der Waals surface area contributed by atoms with Gasteiger partial charge in [-0.15, -0.1) is 0 Å². The Labute approximate surface area is 69.8 Å². The van der Waals surface area contributed by atoms with Gasteiger partial charge in [-0.3, -0.25) is 0 Å². The average Bonchev–Trinajstić information content (AvgIpc) is 2.07. The van der Waals surface area contributed by atoms with Crippen LogP contribution in [0.4, 0.5) is 0 Å². The van der Waals surface area contributed by atoms with Crippen LogP contribution in [-0.4, -0.2) is 25.2 Å². The maximum Gasteiger partial charge on any atom is 0.0306 e. The summed E-state index contributed by atoms with van der Waals surface area (Å²) < 4.78 is 0. The van der Waals surface area contributed by atoms with Gasteiger partial charge in [-0.05, 0) is 19.3 Å². The minimum atomic E-state index is 0.540. The lowest BCUT2D eigenvalue weighted by Crippen LogP contribution is -2.62. The van der Waals surface area contributed by atoms with E-state index in [2.05, 4.69) is 10.6 Å². The summed E-state index contributed by atoms with van der Waals surface area (Å²) in [6.45, 7) is 7.52. The summed E-state index contributed by atoms with van der Waals surface area (Å²) in [6.07, 6.45) is 4.20. The van der Waals surface area contributed by atoms with Crippen molar-refractivity contribution in [2.45, 2.75) is 38.6 Å². The van der Waals surface area contributed by atoms with Crippen molar-refractivity contribution in [1.82, 2.24) is 10.6 Å². The van der Waals surface area contributed by atoms with Gasteiger partial charge in [0.15, 0.2) is 0 Å². The van der Waals surface area contributed by atoms with E-state index in [4.69, 9.17) is 0 Å². The highest BCUT2D eigenvalue weighted by Gasteiger charge is 2.37. The molecule has 0 bridgehead atoms. The lowest BCUT2D eigenvalue weighted by molar-refractivity contribution is 0.158. The second kappa shape index (κ2) is 4.07. The Morgan fingerprint density at radius 2 is 1.82 bits per heavy atom. The molecule has 66 valence electrons. The first-order valence-corrected chi connectivity index (χ1v) is 4.87. The summed E-state index contributed by atoms with van der Waals surface area (Å²) in [5, 5.41) is 6.98. The Morgan fingerprint density at radius 1 is 1.09 bits per heavy atom. The maximum atomic E-state index is 3.57. The van der Waals surface area contributed by atoms with Crippen LogP contribution in [0.25, 0.3) is 0 Å². The molecule has 2 aliphatic rings. The minimum absolute atomic E-state index is 0.540. The molecule has 0 aromatic rings. The fourth-order valence-corrected chi connectivity index (χ4v) is 1.76. The van der Waals surface area contributed by atoms with Gasteiger partial charge in [0.05, 0.1) is 0 Å². The van der Waals surface area contributed by atoms with Crippen molar-refractivity contribution in [2.75, 3.05) is 19.6 Å². The second-order valence-corrected chi connectivity index (χ2v) is 3.24. The lowest BCUT2D eigenvalue weighted by Gasteiger charge is -2.45. The summed E-state index contributed by atoms with van der Waals surface area (Å²) in [5.41, 5.74) is 0.540. The molecule has 1 aliphatic heterocycles. The predicted octanol–water partition coefficient (Wildman–Crippen LogP) is 1.13. The third-order valence-electron chi connectivity index (χ3n) is 2.58. The number of hydrogen-bond acceptors (Lipinski definition) is 2. The summed E-state index contributed by atoms with van der Waals surface area (Å²) in [5.74, 6) is 0. The van der Waals surface area contributed by atoms with Gasteiger partial charge in [0.25, 0.3) is 0 Å². The van der Waals surface area contributed by atoms with Gasteiger partial charge in [-0.1, -0.05) is 13.8 Å². The Morgan fingerprint density at radius 3 is 2.09 bits per heavy atom. The number of piperazine rings is 1. The minimum Gasteiger partial charge on any atom is -0.314 e. The fourth-order valence-electron chi connectivity index (χ4n) is 1.76. The topological polar surface area (TPSA) is 24.1 Å². The molecular weight excluding hydrogens is 136 g/mol. The molecule has 1 aliphatic carbocycles. The summed E-state index contributed by atoms with van der Waals surface area (Å²) >= 11 is 0. The van der Waals surface area contributed by atoms with Crippen LogP contribution < -0.4 is 10.6 Å². The summed E-state index contributed by atoms with van der Waals surface area (Å²) in [7, 11) is 0. The molecule has 0 aromatic carbocycles. The maximum absolute atomic E-state index is 3.57. The lowest BCUT2D eigenvalue weighted by atomic mass is 9.76. The smallest absolute Gasteiger partial charge is 0.0306 e. The quantitative estimate of drug-likeness (QED) is 0.549. The zero-order valence-electron chi connectivity index (χ0n) is 7.74. The van der Waals surface area contributed by atoms with Crippen LogP contribution in [0.3, 0.4) is 0 Å². The van der Waals surface area contributed by atoms with Crippen LogP contribution in [0.1, 0.15) is 33.1 Å². The van der Waals surface area contributed by atoms with Crippen LogP contribution in [-0.2, 0) is 0 Å². The molecule has 1 spiro atoms. The Bertz CT molecular complexity index is 100. The summed E-state index contributed by atoms with van der Waals surface area (Å²) in [4.78, 5) is 0. The standard InChI is InChI=1S/C7H14N2.C2H6/c1-2-7(3-1)6-8-4-5-9-7;1-2/h8-9H,1-6H2;1-2H3. The molecule has 2 fully saturated rings. The molecule has 0 radical (unpaired) electrons. The molecule has 1 heterocycles. The van der Waals surface area contributed by atoms with Gasteiger partial charge in [-0.2, -0.15) is 0 Å². The van der Waals surface area contributed by atoms with E-state index in [1.807, 2.05) is 13.8 Å². The monoisotopic (exact) mass is 156 g/mol. The molecule has 2 nitrogen and oxygen atoms in total. The Balaban J connectivity index is 0.000000281. The molecule has 2 rings (SSSR count). The first kappa shape index (κ1) is 9.01. The Kier molecular flexibility index (Phi) is 3.34. The van der Waals surface area contributed by atoms with Gasteiger partial charge in [-0.25, -0.2) is 0 Å². The van der Waals surface area contributed by atoms with Crippen LogP contribution in [0.15, 0.2) is 0 Å². The van der Waals surface area contributed by atoms with Crippen molar-refractivity contribution in [2.24, 2.45) is 0 Å². The first-order valence-electron chi connectivity index (χ1n) is 4.87. The highest BCUT2D eigenvalue weighted by atomic mass is 15.1. The number of rotatable bonds is 0. The van der Waals surface area contributed by atoms with Gasteiger partial charge in [0.2, 0.25) is 0 Å². The van der Waals surface area contributed by atoms with E-state index >= 15 is 0 Å². The Hall–Kier alpha value is -0.0800. The van der Waals surface area contributed by atoms with E-state index < -0.39 is 0 Å². The normalized spacial score (nSPS) is 26.7. The molecule has 0 amide bonds. The molecular formula is C9H20N2. The van der Waals surface area contributed by atoms with E-state index in [0.29, 0.717) is 5.54 Å². The van der Waals surface area contributed by atoms with Crippen LogP contribution in [0.2, 0.25) is 0 Å². The third-order valence-corrected chi connectivity index (χ3v) is 2.58. The molecule has 0 atom stereocenters. The van der Waals surface area contributed by atoms with E-state index in [-0.39, 0.29) is 0 Å². The van der Waals surface area contributed by atoms with Crippen LogP contribution in [0, 0.1) is 0 Å². The zero-order valence-corrected chi connectivity index (χ0v) is 7.74. The highest BCUT2D eigenvalue weighted by Crippen LogP contribution is 2.31. The van der Waals surface area contributed by atoms with E-state index in [1.54, 1.807) is 0 Å². The fraction of sp³-hybridized carbons (Fsp3) is 1.00. The predicted molar refractivity (Wildman–Crippen MR) is 48.8 cm³/mol. The van der Waals surface area contributed by atoms with E-state index in [1.165, 1.54) is 32.4 Å². The van der Waals surface area contributed by atoms with Crippen molar-refractivity contribution in [3.05, 3.63) is 0 Å². The van der Waals surface area contributed by atoms with Crippen molar-refractivity contribution >= 4 is 0 Å². The van der Waals surface area contributed by atoms with Gasteiger partial charge in [0, 0.05) is 25.2 Å². The van der Waals surface area contributed by atoms with Gasteiger partial charge in [0.1, 0.15) is 0 Å². The van der Waals surface area contributed by atoms with Gasteiger partial charge >= 0.3 is 0 Å². The molecule has 0 unspecified atom stereocenters. The third kappa shape index (κ3) is 1.94. The van der Waals surface area contributed by atoms with E-state index in [0.717, 1.165) is 6.54 Å². The van der Waals surface area contributed by atoms with Gasteiger partial charge < -0.3 is 10.6 Å². The molecule has 1 saturated heterocycles. The van der Waals surface area contributed by atoms with Crippen molar-refractivity contribution < 1.29 is 0 Å².